The lowest BCUT2D eigenvalue weighted by atomic mass is 9.97. The molecule has 9 amide bonds. The summed E-state index contributed by atoms with van der Waals surface area (Å²) in [6.07, 6.45) is -11.0. The van der Waals surface area contributed by atoms with E-state index in [1.54, 1.807) is 0 Å². The van der Waals surface area contributed by atoms with Gasteiger partial charge in [0.2, 0.25) is 53.2 Å². The van der Waals surface area contributed by atoms with E-state index in [1.807, 2.05) is 13.8 Å². The van der Waals surface area contributed by atoms with E-state index < -0.39 is 135 Å². The molecule has 3 rings (SSSR count). The minimum atomic E-state index is -1.44. The summed E-state index contributed by atoms with van der Waals surface area (Å²) in [5.74, 6) is -3.01. The lowest BCUT2D eigenvalue weighted by Crippen LogP contribution is -2.64. The first kappa shape index (κ1) is 89.7. The first-order valence-corrected chi connectivity index (χ1v) is 34.9. The first-order valence-electron chi connectivity index (χ1n) is 34.9. The van der Waals surface area contributed by atoms with Crippen molar-refractivity contribution in [2.24, 2.45) is 0 Å². The molecule has 15 atom stereocenters. The first-order chi connectivity index (χ1) is 48.2. The predicted molar refractivity (Wildman–Crippen MR) is 355 cm³/mol. The Kier molecular flexibility index (Phi) is 45.1. The molecule has 0 radical (unpaired) electrons. The summed E-state index contributed by atoms with van der Waals surface area (Å²) in [6.45, 7) is 7.73. The Labute approximate surface area is 589 Å². The molecular weight excluding hydrogens is 1340 g/mol. The van der Waals surface area contributed by atoms with Gasteiger partial charge in [-0.05, 0) is 57.8 Å². The van der Waals surface area contributed by atoms with Crippen LogP contribution in [0.4, 0.5) is 0 Å². The highest BCUT2D eigenvalue weighted by molar-refractivity contribution is 5.78. The quantitative estimate of drug-likeness (QED) is 0.0252. The Balaban J connectivity index is 1.40. The fourth-order valence-electron chi connectivity index (χ4n) is 10.9. The van der Waals surface area contributed by atoms with Crippen molar-refractivity contribution in [3.63, 3.8) is 0 Å². The third kappa shape index (κ3) is 36.2. The van der Waals surface area contributed by atoms with Crippen molar-refractivity contribution in [3.8, 4) is 0 Å². The summed E-state index contributed by atoms with van der Waals surface area (Å²) < 4.78 is 51.9. The molecule has 3 heterocycles. The number of hydrogen-bond donors (Lipinski definition) is 19. The molecule has 584 valence electrons. The normalized spacial score (nSPS) is 25.6. The van der Waals surface area contributed by atoms with Crippen LogP contribution in [0.3, 0.4) is 0 Å². The number of aliphatic hydroxyl groups is 9. The van der Waals surface area contributed by atoms with Crippen molar-refractivity contribution in [1.29, 1.82) is 0 Å². The molecule has 0 spiro atoms. The van der Waals surface area contributed by atoms with Crippen LogP contribution in [0.5, 0.6) is 0 Å². The van der Waals surface area contributed by atoms with E-state index in [4.69, 9.17) is 42.6 Å². The van der Waals surface area contributed by atoms with Gasteiger partial charge in [-0.25, -0.2) is 0 Å². The molecule has 19 N–H and O–H groups in total. The maximum atomic E-state index is 12.9. The Bertz CT molecular complexity index is 2180. The molecule has 0 aliphatic carbocycles. The zero-order chi connectivity index (χ0) is 74.7. The molecule has 0 aromatic heterocycles. The maximum absolute atomic E-state index is 12.9. The van der Waals surface area contributed by atoms with E-state index >= 15 is 0 Å². The Morgan fingerprint density at radius 1 is 0.356 bits per heavy atom. The highest BCUT2D eigenvalue weighted by Crippen LogP contribution is 2.26. The van der Waals surface area contributed by atoms with Gasteiger partial charge in [0.05, 0.1) is 65.0 Å². The summed E-state index contributed by atoms with van der Waals surface area (Å²) in [7, 11) is 0. The number of aliphatic hydroxyl groups excluding tert-OH is 9. The van der Waals surface area contributed by atoms with Crippen LogP contribution in [-0.4, -0.2) is 321 Å². The fourth-order valence-corrected chi connectivity index (χ4v) is 10.9. The zero-order valence-corrected chi connectivity index (χ0v) is 58.9. The second-order valence-electron chi connectivity index (χ2n) is 25.4. The van der Waals surface area contributed by atoms with Gasteiger partial charge >= 0.3 is 0 Å². The molecule has 0 aromatic rings. The molecule has 3 aliphatic heterocycles. The van der Waals surface area contributed by atoms with Crippen LogP contribution in [0.15, 0.2) is 0 Å². The van der Waals surface area contributed by atoms with Gasteiger partial charge in [-0.1, -0.05) is 13.8 Å². The monoisotopic (exact) mass is 1460 g/mol. The topological polar surface area (TPSA) is 539 Å². The molecule has 37 heteroatoms. The lowest BCUT2D eigenvalue weighted by Gasteiger charge is -2.42. The van der Waals surface area contributed by atoms with E-state index in [-0.39, 0.29) is 179 Å². The number of hydrogen-bond acceptors (Lipinski definition) is 28. The number of rotatable bonds is 53. The molecule has 101 heavy (non-hydrogen) atoms. The van der Waals surface area contributed by atoms with Crippen molar-refractivity contribution in [1.82, 2.24) is 53.2 Å². The third-order valence-electron chi connectivity index (χ3n) is 16.1. The van der Waals surface area contributed by atoms with Crippen LogP contribution >= 0.6 is 0 Å². The van der Waals surface area contributed by atoms with E-state index in [9.17, 15) is 89.1 Å². The van der Waals surface area contributed by atoms with E-state index in [2.05, 4.69) is 53.2 Å². The van der Waals surface area contributed by atoms with Gasteiger partial charge in [-0.2, -0.15) is 0 Å². The summed E-state index contributed by atoms with van der Waals surface area (Å²) in [6, 6.07) is -3.36. The Morgan fingerprint density at radius 2 is 0.604 bits per heavy atom. The van der Waals surface area contributed by atoms with Crippen LogP contribution in [-0.2, 0) is 85.8 Å². The smallest absolute Gasteiger partial charge is 0.222 e. The van der Waals surface area contributed by atoms with E-state index in [0.717, 1.165) is 0 Å². The summed E-state index contributed by atoms with van der Waals surface area (Å²) in [4.78, 5) is 111. The summed E-state index contributed by atoms with van der Waals surface area (Å²) in [5.41, 5.74) is -1.02. The van der Waals surface area contributed by atoms with Gasteiger partial charge in [0.25, 0.3) is 0 Å². The summed E-state index contributed by atoms with van der Waals surface area (Å²) >= 11 is 0. The minimum Gasteiger partial charge on any atom is -0.394 e. The third-order valence-corrected chi connectivity index (χ3v) is 16.1. The largest absolute Gasteiger partial charge is 0.394 e. The van der Waals surface area contributed by atoms with Crippen LogP contribution in [0.1, 0.15) is 131 Å². The standard InChI is InChI=1S/C64H116N10O27/c1-39(2)74-64(36-93-30-18-49(84)68-24-12-21-65-46(81)15-6-9-27-96-61-52(71-40(3)78)58(90)55(87)43(33-75)99-61,37-94-31-19-50(85)69-25-13-22-66-47(82)16-7-10-28-97-62-53(72-41(4)79)59(91)56(88)44(34-76)100-62)38-95-32-20-51(86)70-26-14-23-67-48(83)17-8-11-29-98-63-54(73-42(5)80)60(92)57(89)45(35-77)101-63/h39,43-45,52-63,74-77,87-92H,6-38H2,1-5H3,(H,65,81)(H,66,82)(H,67,83)(H,68,84)(H,69,85)(H,70,86)(H,71,78)(H,72,79)(H,73,80)/t43?,44?,45?,52?,53?,54?,55-,56-,57-,58?,59?,60?,61+,62+,63+,64?/m0/s1. The van der Waals surface area contributed by atoms with E-state index in [1.165, 1.54) is 20.8 Å². The molecular formula is C64H116N10O27. The SMILES string of the molecule is CC(=O)NC1C(O)[C@@H](O)C(CO)O[C@H]1OCCCCC(=O)NCCCNC(=O)CCOCC(COCCC(=O)NCCCNC(=O)CCCCO[C@@H]1OC(CO)[C@H](O)C(O)C1NC(C)=O)(COCCC(=O)NCCCNC(=O)CCCCO[C@@H]1OC(CO)[C@H](O)C(O)C1NC(C)=O)NC(C)C. The molecule has 37 nitrogen and oxygen atoms in total. The van der Waals surface area contributed by atoms with Crippen molar-refractivity contribution >= 4 is 53.2 Å². The van der Waals surface area contributed by atoms with Gasteiger partial charge in [-0.3, -0.25) is 43.2 Å². The van der Waals surface area contributed by atoms with Gasteiger partial charge < -0.3 is 142 Å². The Morgan fingerprint density at radius 3 is 0.832 bits per heavy atom. The van der Waals surface area contributed by atoms with Gasteiger partial charge in [0.1, 0.15) is 73.1 Å². The van der Waals surface area contributed by atoms with Gasteiger partial charge in [-0.15, -0.1) is 0 Å². The van der Waals surface area contributed by atoms with Crippen molar-refractivity contribution < 1.29 is 132 Å². The zero-order valence-electron chi connectivity index (χ0n) is 58.9. The van der Waals surface area contributed by atoms with Crippen LogP contribution < -0.4 is 53.2 Å². The van der Waals surface area contributed by atoms with Crippen molar-refractivity contribution in [2.45, 2.75) is 234 Å². The molecule has 9 unspecified atom stereocenters. The summed E-state index contributed by atoms with van der Waals surface area (Å²) in [5, 5.41) is 118. The predicted octanol–water partition coefficient (Wildman–Crippen LogP) is -6.80. The van der Waals surface area contributed by atoms with Crippen molar-refractivity contribution in [3.05, 3.63) is 0 Å². The number of ether oxygens (including phenoxy) is 9. The second-order valence-corrected chi connectivity index (χ2v) is 25.4. The van der Waals surface area contributed by atoms with Crippen LogP contribution in [0.2, 0.25) is 0 Å². The number of unbranched alkanes of at least 4 members (excludes halogenated alkanes) is 3. The highest BCUT2D eigenvalue weighted by atomic mass is 16.7. The fraction of sp³-hybridized carbons (Fsp3) is 0.859. The van der Waals surface area contributed by atoms with Crippen molar-refractivity contribution in [2.75, 3.05) is 119 Å². The molecule has 0 saturated carbocycles. The lowest BCUT2D eigenvalue weighted by molar-refractivity contribution is -0.270. The van der Waals surface area contributed by atoms with E-state index in [0.29, 0.717) is 57.8 Å². The Hall–Kier alpha value is -5.53. The van der Waals surface area contributed by atoms with Gasteiger partial charge in [0, 0.05) is 124 Å². The van der Waals surface area contributed by atoms with Crippen LogP contribution in [0, 0.1) is 0 Å². The van der Waals surface area contributed by atoms with Gasteiger partial charge in [0.15, 0.2) is 18.9 Å². The highest BCUT2D eigenvalue weighted by Gasteiger charge is 2.48. The average Bonchev–Trinajstić information content (AvgIpc) is 0.824. The molecule has 3 saturated heterocycles. The molecule has 0 bridgehead atoms. The number of carbonyl (C=O) groups is 9. The molecule has 0 aromatic carbocycles. The minimum absolute atomic E-state index is 0.00518. The number of amides is 9. The molecule has 3 fully saturated rings. The average molecular weight is 1460 g/mol. The number of carbonyl (C=O) groups excluding carboxylic acids is 9. The van der Waals surface area contributed by atoms with Crippen LogP contribution in [0.25, 0.3) is 0 Å². The number of nitrogens with one attached hydrogen (secondary N) is 10. The maximum Gasteiger partial charge on any atom is 0.222 e. The second kappa shape index (κ2) is 50.8. The molecule has 3 aliphatic rings.